The van der Waals surface area contributed by atoms with E-state index in [2.05, 4.69) is 0 Å². The van der Waals surface area contributed by atoms with E-state index in [0.29, 0.717) is 11.1 Å². The van der Waals surface area contributed by atoms with Crippen LogP contribution in [0, 0.1) is 48.3 Å². The van der Waals surface area contributed by atoms with Gasteiger partial charge < -0.3 is 29.9 Å². The number of benzene rings is 2. The quantitative estimate of drug-likeness (QED) is 0.421. The van der Waals surface area contributed by atoms with Crippen LogP contribution in [0.25, 0.3) is 11.5 Å². The molecule has 0 aromatic heterocycles. The van der Waals surface area contributed by atoms with Crippen LogP contribution >= 0.6 is 0 Å². The predicted molar refractivity (Wildman–Crippen MR) is 144 cm³/mol. The van der Waals surface area contributed by atoms with Crippen molar-refractivity contribution < 1.29 is 49.1 Å². The molecule has 42 heavy (non-hydrogen) atoms. The molecular formula is C32H26O10. The molecule has 214 valence electrons. The third-order valence-electron chi connectivity index (χ3n) is 10.9. The number of methoxy groups -OCH3 is 2. The van der Waals surface area contributed by atoms with Gasteiger partial charge in [0.25, 0.3) is 0 Å². The highest BCUT2D eigenvalue weighted by Crippen LogP contribution is 2.81. The summed E-state index contributed by atoms with van der Waals surface area (Å²) in [6.07, 6.45) is -2.10. The molecule has 4 N–H and O–H groups in total. The van der Waals surface area contributed by atoms with E-state index in [1.54, 1.807) is 13.8 Å². The molecule has 2 aromatic rings. The summed E-state index contributed by atoms with van der Waals surface area (Å²) in [6, 6.07) is 5.70. The summed E-state index contributed by atoms with van der Waals surface area (Å²) in [6.45, 7) is 3.31. The first kappa shape index (κ1) is 25.4. The Morgan fingerprint density at radius 3 is 1.31 bits per heavy atom. The molecule has 2 spiro atoms. The van der Waals surface area contributed by atoms with Crippen molar-refractivity contribution in [2.24, 2.45) is 34.5 Å². The molecule has 2 aromatic carbocycles. The Labute approximate surface area is 238 Å². The van der Waals surface area contributed by atoms with Crippen molar-refractivity contribution in [1.29, 1.82) is 0 Å². The van der Waals surface area contributed by atoms with E-state index < -0.39 is 92.9 Å². The molecule has 0 unspecified atom stereocenters. The van der Waals surface area contributed by atoms with Gasteiger partial charge in [0.2, 0.25) is 0 Å². The summed E-state index contributed by atoms with van der Waals surface area (Å²) in [5.74, 6) is -9.63. The minimum atomic E-state index is -1.99. The third kappa shape index (κ3) is 2.21. The maximum absolute atomic E-state index is 14.9. The van der Waals surface area contributed by atoms with Gasteiger partial charge in [0, 0.05) is 37.2 Å². The summed E-state index contributed by atoms with van der Waals surface area (Å²) >= 11 is 0. The molecule has 6 aliphatic carbocycles. The van der Waals surface area contributed by atoms with Gasteiger partial charge in [-0.1, -0.05) is 0 Å². The summed E-state index contributed by atoms with van der Waals surface area (Å²) in [7, 11) is 2.72. The number of hydrogen-bond acceptors (Lipinski definition) is 10. The van der Waals surface area contributed by atoms with E-state index >= 15 is 0 Å². The molecule has 6 aliphatic rings. The van der Waals surface area contributed by atoms with Crippen molar-refractivity contribution in [2.45, 2.75) is 26.1 Å². The number of aliphatic hydroxyl groups is 2. The molecular weight excluding hydrogens is 544 g/mol. The molecule has 4 fully saturated rings. The molecule has 10 heteroatoms. The number of phenolic OH excluding ortho intramolecular Hbond substituents is 2. The zero-order valence-electron chi connectivity index (χ0n) is 23.0. The van der Waals surface area contributed by atoms with Crippen LogP contribution in [-0.4, -0.2) is 70.0 Å². The summed E-state index contributed by atoms with van der Waals surface area (Å²) in [4.78, 5) is 59.3. The number of ether oxygens (including phenoxy) is 2. The lowest BCUT2D eigenvalue weighted by atomic mass is 9.46. The van der Waals surface area contributed by atoms with Crippen molar-refractivity contribution in [3.8, 4) is 11.5 Å². The Kier molecular flexibility index (Phi) is 4.46. The zero-order chi connectivity index (χ0) is 29.9. The summed E-state index contributed by atoms with van der Waals surface area (Å²) in [5, 5.41) is 45.1. The van der Waals surface area contributed by atoms with Crippen LogP contribution < -0.4 is 0 Å². The van der Waals surface area contributed by atoms with Crippen LogP contribution in [-0.2, 0) is 19.1 Å². The van der Waals surface area contributed by atoms with Gasteiger partial charge in [-0.25, -0.2) is 0 Å². The number of rotatable bonds is 2. The summed E-state index contributed by atoms with van der Waals surface area (Å²) < 4.78 is 11.9. The Morgan fingerprint density at radius 1 is 0.619 bits per heavy atom. The number of aliphatic hydroxyl groups excluding tert-OH is 2. The molecule has 4 saturated carbocycles. The van der Waals surface area contributed by atoms with Crippen LogP contribution in [0.15, 0.2) is 35.4 Å². The number of Topliss-reactive ketones (excluding diaryl/α,β-unsaturated/α-hetero) is 4. The highest BCUT2D eigenvalue weighted by Gasteiger charge is 2.90. The van der Waals surface area contributed by atoms with E-state index in [4.69, 9.17) is 9.47 Å². The van der Waals surface area contributed by atoms with Crippen LogP contribution in [0.3, 0.4) is 0 Å². The molecule has 0 saturated heterocycles. The van der Waals surface area contributed by atoms with Crippen molar-refractivity contribution in [1.82, 2.24) is 0 Å². The SMILES string of the molecule is CO[C@H]1[C@@H]2[C@H]3[C@H](OC)[C@@H]4C(=O)C5=C(O)c6c(O)cc(C)cc6C(=O)[C@@]53[C@H]1C(=O)C1=C(O)c3c(O)cc(C)cc3C(=O)[C@@]124. The molecule has 0 radical (unpaired) electrons. The standard InChI is InChI=1S/C32H26O10/c1-9-5-11-15(13(33)7-9)23(35)19-25(37)22-27(41-3)17-18-28(42-4)21(31(17,19)29(11)39)26(38)20-24(36)16-12(30(40)32(18,20)22)6-10(2)8-14(16)34/h5-8,17-18,21-22,27-28,33-36H,1-4H3/t17-,18-,21-,22-,27-,28-,31+,32+/m0/s1. The number of carbonyl (C=O) groups excluding carboxylic acids is 4. The smallest absolute Gasteiger partial charge is 0.175 e. The molecule has 0 aliphatic heterocycles. The topological polar surface area (TPSA) is 168 Å². The fraction of sp³-hybridized carbons (Fsp3) is 0.375. The first-order valence-corrected chi connectivity index (χ1v) is 13.7. The van der Waals surface area contributed by atoms with Gasteiger partial charge in [0.1, 0.15) is 23.0 Å². The minimum absolute atomic E-state index is 0.0601. The normalized spacial score (nSPS) is 36.9. The van der Waals surface area contributed by atoms with Crippen LogP contribution in [0.5, 0.6) is 11.5 Å². The fourth-order valence-electron chi connectivity index (χ4n) is 10.0. The number of allylic oxidation sites excluding steroid dienone is 2. The van der Waals surface area contributed by atoms with Crippen molar-refractivity contribution >= 4 is 34.7 Å². The fourth-order valence-corrected chi connectivity index (χ4v) is 10.0. The highest BCUT2D eigenvalue weighted by molar-refractivity contribution is 6.30. The lowest BCUT2D eigenvalue weighted by molar-refractivity contribution is -0.144. The van der Waals surface area contributed by atoms with Crippen molar-refractivity contribution in [2.75, 3.05) is 14.2 Å². The molecule has 0 amide bonds. The average molecular weight is 571 g/mol. The first-order valence-electron chi connectivity index (χ1n) is 13.7. The van der Waals surface area contributed by atoms with Crippen molar-refractivity contribution in [3.63, 3.8) is 0 Å². The van der Waals surface area contributed by atoms with Gasteiger partial charge >= 0.3 is 0 Å². The molecule has 0 heterocycles. The Balaban J connectivity index is 1.57. The number of ketones is 4. The largest absolute Gasteiger partial charge is 0.507 e. The zero-order valence-corrected chi connectivity index (χ0v) is 23.0. The number of phenols is 2. The van der Waals surface area contributed by atoms with Crippen LogP contribution in [0.2, 0.25) is 0 Å². The Morgan fingerprint density at radius 2 is 0.976 bits per heavy atom. The van der Waals surface area contributed by atoms with Gasteiger partial charge in [-0.3, -0.25) is 19.2 Å². The Bertz CT molecular complexity index is 1710. The van der Waals surface area contributed by atoms with Crippen LogP contribution in [0.1, 0.15) is 43.0 Å². The van der Waals surface area contributed by atoms with E-state index in [1.807, 2.05) is 0 Å². The predicted octanol–water partition coefficient (Wildman–Crippen LogP) is 3.01. The number of fused-ring (bicyclic) bond motifs is 4. The molecule has 10 nitrogen and oxygen atoms in total. The maximum atomic E-state index is 14.9. The van der Waals surface area contributed by atoms with Gasteiger partial charge in [0.15, 0.2) is 23.1 Å². The second-order valence-corrected chi connectivity index (χ2v) is 12.4. The molecule has 8 rings (SSSR count). The average Bonchev–Trinajstić information content (AvgIpc) is 3.34. The van der Waals surface area contributed by atoms with Gasteiger partial charge in [-0.05, 0) is 49.2 Å². The van der Waals surface area contributed by atoms with E-state index in [-0.39, 0.29) is 33.4 Å². The molecule has 4 bridgehead atoms. The van der Waals surface area contributed by atoms with Gasteiger partial charge in [-0.15, -0.1) is 0 Å². The number of carbonyl (C=O) groups is 4. The van der Waals surface area contributed by atoms with E-state index in [1.165, 1.54) is 38.5 Å². The van der Waals surface area contributed by atoms with Crippen LogP contribution in [0.4, 0.5) is 0 Å². The third-order valence-corrected chi connectivity index (χ3v) is 10.9. The highest BCUT2D eigenvalue weighted by atomic mass is 16.5. The Hall–Kier alpha value is -4.28. The summed E-state index contributed by atoms with van der Waals surface area (Å²) in [5.41, 5.74) is -4.14. The number of aromatic hydroxyl groups is 2. The molecule has 8 atom stereocenters. The lowest BCUT2D eigenvalue weighted by Gasteiger charge is -2.54. The second-order valence-electron chi connectivity index (χ2n) is 12.4. The minimum Gasteiger partial charge on any atom is -0.507 e. The lowest BCUT2D eigenvalue weighted by Crippen LogP contribution is -2.65. The first-order chi connectivity index (χ1) is 19.9. The van der Waals surface area contributed by atoms with Gasteiger partial charge in [0.05, 0.1) is 57.1 Å². The monoisotopic (exact) mass is 570 g/mol. The van der Waals surface area contributed by atoms with Crippen molar-refractivity contribution in [3.05, 3.63) is 68.8 Å². The number of aryl methyl sites for hydroxylation is 2. The maximum Gasteiger partial charge on any atom is 0.175 e. The van der Waals surface area contributed by atoms with E-state index in [9.17, 15) is 39.6 Å². The second kappa shape index (κ2) is 7.37. The van der Waals surface area contributed by atoms with E-state index in [0.717, 1.165) is 0 Å². The van der Waals surface area contributed by atoms with Gasteiger partial charge in [-0.2, -0.15) is 0 Å². The number of hydrogen-bond donors (Lipinski definition) is 4.